The number of nitrogens with zero attached hydrogens (tertiary/aromatic N) is 4. The summed E-state index contributed by atoms with van der Waals surface area (Å²) in [4.78, 5) is 12.5. The molecule has 4 rings (SSSR count). The Hall–Kier alpha value is -2.44. The molecule has 0 spiro atoms. The SMILES string of the molecule is Cn1cc(-c2ccc(=O)n([C@H]3CC[C@@](CN)(c4cccc(Cl)c4)CC3)n2)cn1. The minimum absolute atomic E-state index is 0.0688. The predicted octanol–water partition coefficient (Wildman–Crippen LogP) is 3.31. The highest BCUT2D eigenvalue weighted by Crippen LogP contribution is 2.42. The van der Waals surface area contributed by atoms with Crippen molar-refractivity contribution >= 4 is 11.6 Å². The molecule has 2 heterocycles. The average Bonchev–Trinajstić information content (AvgIpc) is 3.15. The Bertz CT molecular complexity index is 1030. The molecule has 28 heavy (non-hydrogen) atoms. The standard InChI is InChI=1S/C21H24ClN5O/c1-26-13-15(12-24-26)19-5-6-20(28)27(25-19)18-7-9-21(14-23,10-8-18)16-3-2-4-17(22)11-16/h2-6,11-13,18H,7-10,14,23H2,1H3/t18-,21+. The van der Waals surface area contributed by atoms with Crippen molar-refractivity contribution in [1.29, 1.82) is 0 Å². The third-order valence-corrected chi connectivity index (χ3v) is 6.15. The van der Waals surface area contributed by atoms with E-state index in [1.54, 1.807) is 27.7 Å². The molecular weight excluding hydrogens is 374 g/mol. The number of aryl methyl sites for hydroxylation is 1. The third kappa shape index (κ3) is 3.50. The van der Waals surface area contributed by atoms with Gasteiger partial charge in [-0.1, -0.05) is 23.7 Å². The highest BCUT2D eigenvalue weighted by atomic mass is 35.5. The average molecular weight is 398 g/mol. The monoisotopic (exact) mass is 397 g/mol. The zero-order chi connectivity index (χ0) is 19.7. The second-order valence-corrected chi connectivity index (χ2v) is 8.07. The van der Waals surface area contributed by atoms with Gasteiger partial charge in [0.2, 0.25) is 0 Å². The van der Waals surface area contributed by atoms with Gasteiger partial charge < -0.3 is 5.73 Å². The Morgan fingerprint density at radius 3 is 2.68 bits per heavy atom. The van der Waals surface area contributed by atoms with Gasteiger partial charge in [-0.15, -0.1) is 0 Å². The van der Waals surface area contributed by atoms with Gasteiger partial charge in [0.05, 0.1) is 17.9 Å². The van der Waals surface area contributed by atoms with Gasteiger partial charge in [-0.05, 0) is 49.4 Å². The number of aromatic nitrogens is 4. The summed E-state index contributed by atoms with van der Waals surface area (Å²) in [7, 11) is 1.86. The normalized spacial score (nSPS) is 22.3. The van der Waals surface area contributed by atoms with Crippen molar-refractivity contribution in [2.45, 2.75) is 37.1 Å². The van der Waals surface area contributed by atoms with E-state index in [0.29, 0.717) is 6.54 Å². The van der Waals surface area contributed by atoms with Crippen molar-refractivity contribution in [2.75, 3.05) is 6.54 Å². The lowest BCUT2D eigenvalue weighted by Crippen LogP contribution is -2.41. The van der Waals surface area contributed by atoms with Crippen molar-refractivity contribution in [3.63, 3.8) is 0 Å². The van der Waals surface area contributed by atoms with Crippen LogP contribution in [0, 0.1) is 0 Å². The van der Waals surface area contributed by atoms with Crippen LogP contribution in [0.25, 0.3) is 11.3 Å². The number of hydrogen-bond donors (Lipinski definition) is 1. The van der Waals surface area contributed by atoms with Gasteiger partial charge in [-0.3, -0.25) is 9.48 Å². The van der Waals surface area contributed by atoms with E-state index in [2.05, 4.69) is 16.3 Å². The maximum absolute atomic E-state index is 12.5. The van der Waals surface area contributed by atoms with Gasteiger partial charge in [0.1, 0.15) is 0 Å². The van der Waals surface area contributed by atoms with Crippen LogP contribution in [0.3, 0.4) is 0 Å². The van der Waals surface area contributed by atoms with E-state index in [9.17, 15) is 4.79 Å². The molecule has 146 valence electrons. The smallest absolute Gasteiger partial charge is 0.267 e. The van der Waals surface area contributed by atoms with E-state index in [0.717, 1.165) is 42.0 Å². The minimum atomic E-state index is -0.0913. The minimum Gasteiger partial charge on any atom is -0.330 e. The van der Waals surface area contributed by atoms with Gasteiger partial charge >= 0.3 is 0 Å². The second kappa shape index (κ2) is 7.53. The van der Waals surface area contributed by atoms with Crippen molar-refractivity contribution in [3.8, 4) is 11.3 Å². The Morgan fingerprint density at radius 1 is 1.25 bits per heavy atom. The van der Waals surface area contributed by atoms with E-state index in [1.807, 2.05) is 31.4 Å². The van der Waals surface area contributed by atoms with Crippen molar-refractivity contribution in [3.05, 3.63) is 69.7 Å². The van der Waals surface area contributed by atoms with Crippen molar-refractivity contribution < 1.29 is 0 Å². The molecule has 0 saturated heterocycles. The summed E-state index contributed by atoms with van der Waals surface area (Å²) in [5.74, 6) is 0. The van der Waals surface area contributed by atoms with E-state index in [-0.39, 0.29) is 17.0 Å². The molecule has 0 aliphatic heterocycles. The molecule has 0 atom stereocenters. The molecule has 0 unspecified atom stereocenters. The van der Waals surface area contributed by atoms with E-state index >= 15 is 0 Å². The number of nitrogens with two attached hydrogens (primary N) is 1. The maximum Gasteiger partial charge on any atom is 0.267 e. The summed E-state index contributed by atoms with van der Waals surface area (Å²) in [6, 6.07) is 11.4. The van der Waals surface area contributed by atoms with Gasteiger partial charge in [-0.25, -0.2) is 4.68 Å². The van der Waals surface area contributed by atoms with Gasteiger partial charge in [0.15, 0.2) is 0 Å². The molecule has 0 radical (unpaired) electrons. The van der Waals surface area contributed by atoms with Crippen molar-refractivity contribution in [2.24, 2.45) is 12.8 Å². The molecule has 7 heteroatoms. The first kappa shape index (κ1) is 18.9. The molecule has 2 N–H and O–H groups in total. The Kier molecular flexibility index (Phi) is 5.08. The van der Waals surface area contributed by atoms with Crippen LogP contribution in [0.4, 0.5) is 0 Å². The lowest BCUT2D eigenvalue weighted by atomic mass is 9.68. The zero-order valence-electron chi connectivity index (χ0n) is 15.9. The summed E-state index contributed by atoms with van der Waals surface area (Å²) in [5.41, 5.74) is 8.89. The molecular formula is C21H24ClN5O. The molecule has 0 bridgehead atoms. The zero-order valence-corrected chi connectivity index (χ0v) is 16.6. The second-order valence-electron chi connectivity index (χ2n) is 7.63. The van der Waals surface area contributed by atoms with Crippen LogP contribution in [-0.4, -0.2) is 26.1 Å². The van der Waals surface area contributed by atoms with E-state index < -0.39 is 0 Å². The van der Waals surface area contributed by atoms with Crippen LogP contribution < -0.4 is 11.3 Å². The van der Waals surface area contributed by atoms with E-state index in [4.69, 9.17) is 17.3 Å². The van der Waals surface area contributed by atoms with Gasteiger partial charge in [0.25, 0.3) is 5.56 Å². The lowest BCUT2D eigenvalue weighted by Gasteiger charge is -2.40. The van der Waals surface area contributed by atoms with Crippen LogP contribution in [0.15, 0.2) is 53.6 Å². The summed E-state index contributed by atoms with van der Waals surface area (Å²) >= 11 is 6.20. The van der Waals surface area contributed by atoms with Gasteiger partial charge in [-0.2, -0.15) is 10.2 Å². The number of rotatable bonds is 4. The highest BCUT2D eigenvalue weighted by molar-refractivity contribution is 6.30. The van der Waals surface area contributed by atoms with Crippen LogP contribution in [0.5, 0.6) is 0 Å². The summed E-state index contributed by atoms with van der Waals surface area (Å²) in [5, 5.41) is 9.56. The molecule has 3 aromatic rings. The largest absolute Gasteiger partial charge is 0.330 e. The third-order valence-electron chi connectivity index (χ3n) is 5.91. The molecule has 0 amide bonds. The summed E-state index contributed by atoms with van der Waals surface area (Å²) in [6.45, 7) is 0.568. The first-order valence-corrected chi connectivity index (χ1v) is 9.93. The highest BCUT2D eigenvalue weighted by Gasteiger charge is 2.37. The first-order valence-electron chi connectivity index (χ1n) is 9.56. The summed E-state index contributed by atoms with van der Waals surface area (Å²) < 4.78 is 3.37. The van der Waals surface area contributed by atoms with E-state index in [1.165, 1.54) is 5.56 Å². The number of halogens is 1. The molecule has 1 aliphatic carbocycles. The molecule has 1 saturated carbocycles. The predicted molar refractivity (Wildman–Crippen MR) is 110 cm³/mol. The van der Waals surface area contributed by atoms with Crippen molar-refractivity contribution in [1.82, 2.24) is 19.6 Å². The fourth-order valence-electron chi connectivity index (χ4n) is 4.22. The molecule has 2 aromatic heterocycles. The van der Waals surface area contributed by atoms with Crippen LogP contribution in [0.1, 0.15) is 37.3 Å². The Morgan fingerprint density at radius 2 is 2.04 bits per heavy atom. The summed E-state index contributed by atoms with van der Waals surface area (Å²) in [6.07, 6.45) is 7.17. The number of benzene rings is 1. The topological polar surface area (TPSA) is 78.7 Å². The van der Waals surface area contributed by atoms with Crippen LogP contribution in [-0.2, 0) is 12.5 Å². The van der Waals surface area contributed by atoms with Crippen LogP contribution >= 0.6 is 11.6 Å². The molecule has 1 aromatic carbocycles. The van der Waals surface area contributed by atoms with Crippen LogP contribution in [0.2, 0.25) is 5.02 Å². The number of hydrogen-bond acceptors (Lipinski definition) is 4. The first-order chi connectivity index (χ1) is 13.5. The lowest BCUT2D eigenvalue weighted by molar-refractivity contribution is 0.222. The fraction of sp³-hybridized carbons (Fsp3) is 0.381. The molecule has 1 aliphatic rings. The molecule has 1 fully saturated rings. The van der Waals surface area contributed by atoms with Gasteiger partial charge in [0, 0.05) is 41.9 Å². The Labute approximate surface area is 168 Å². The Balaban J connectivity index is 1.59. The fourth-order valence-corrected chi connectivity index (χ4v) is 4.41. The quantitative estimate of drug-likeness (QED) is 0.732. The maximum atomic E-state index is 12.5. The molecule has 6 nitrogen and oxygen atoms in total.